The molecule has 0 aliphatic rings. The van der Waals surface area contributed by atoms with Gasteiger partial charge in [-0.15, -0.1) is 0 Å². The predicted molar refractivity (Wildman–Crippen MR) is 46.1 cm³/mol. The molecule has 1 rings (SSSR count). The third kappa shape index (κ3) is 2.24. The maximum atomic E-state index is 9.14. The zero-order valence-corrected chi connectivity index (χ0v) is 6.83. The number of H-pyrrole nitrogens is 1. The Kier molecular flexibility index (Phi) is 2.49. The Morgan fingerprint density at radius 1 is 1.73 bits per heavy atom. The zero-order chi connectivity index (χ0) is 8.27. The van der Waals surface area contributed by atoms with E-state index in [2.05, 4.69) is 4.98 Å². The van der Waals surface area contributed by atoms with E-state index in [0.29, 0.717) is 0 Å². The molecule has 0 saturated carbocycles. The van der Waals surface area contributed by atoms with Gasteiger partial charge in [0.1, 0.15) is 0 Å². The van der Waals surface area contributed by atoms with Crippen LogP contribution in [0.1, 0.15) is 19.4 Å². The third-order valence-electron chi connectivity index (χ3n) is 1.68. The molecule has 1 aromatic heterocycles. The molecule has 1 unspecified atom stereocenters. The van der Waals surface area contributed by atoms with Crippen LogP contribution >= 0.6 is 0 Å². The number of hydrogen-bond donors (Lipinski definition) is 2. The minimum atomic E-state index is -0.357. The summed E-state index contributed by atoms with van der Waals surface area (Å²) in [5.74, 6) is 0. The van der Waals surface area contributed by atoms with Gasteiger partial charge in [0.2, 0.25) is 0 Å². The Morgan fingerprint density at radius 2 is 2.45 bits per heavy atom. The SMILES string of the molecule is C/C(=C\c1cc[nH]c1)C(C)O. The first-order chi connectivity index (χ1) is 5.20. The van der Waals surface area contributed by atoms with Gasteiger partial charge in [-0.2, -0.15) is 0 Å². The van der Waals surface area contributed by atoms with Crippen LogP contribution in [0, 0.1) is 0 Å². The van der Waals surface area contributed by atoms with Gasteiger partial charge in [-0.3, -0.25) is 0 Å². The van der Waals surface area contributed by atoms with E-state index in [4.69, 9.17) is 5.11 Å². The van der Waals surface area contributed by atoms with E-state index >= 15 is 0 Å². The topological polar surface area (TPSA) is 36.0 Å². The van der Waals surface area contributed by atoms with Crippen molar-refractivity contribution < 1.29 is 5.11 Å². The zero-order valence-electron chi connectivity index (χ0n) is 6.83. The fraction of sp³-hybridized carbons (Fsp3) is 0.333. The van der Waals surface area contributed by atoms with Crippen molar-refractivity contribution in [2.45, 2.75) is 20.0 Å². The van der Waals surface area contributed by atoms with Gasteiger partial charge < -0.3 is 10.1 Å². The van der Waals surface area contributed by atoms with Crippen LogP contribution in [0.2, 0.25) is 0 Å². The lowest BCUT2D eigenvalue weighted by molar-refractivity contribution is 0.232. The normalized spacial score (nSPS) is 15.0. The Hall–Kier alpha value is -1.02. The summed E-state index contributed by atoms with van der Waals surface area (Å²) in [5.41, 5.74) is 2.08. The molecule has 0 radical (unpaired) electrons. The summed E-state index contributed by atoms with van der Waals surface area (Å²) in [7, 11) is 0. The monoisotopic (exact) mass is 151 g/mol. The van der Waals surface area contributed by atoms with Gasteiger partial charge in [-0.25, -0.2) is 0 Å². The van der Waals surface area contributed by atoms with Crippen molar-refractivity contribution in [2.75, 3.05) is 0 Å². The van der Waals surface area contributed by atoms with Crippen molar-refractivity contribution in [3.8, 4) is 0 Å². The van der Waals surface area contributed by atoms with Crippen molar-refractivity contribution in [3.05, 3.63) is 29.6 Å². The van der Waals surface area contributed by atoms with Crippen LogP contribution in [0.15, 0.2) is 24.0 Å². The molecule has 2 heteroatoms. The number of hydrogen-bond acceptors (Lipinski definition) is 1. The van der Waals surface area contributed by atoms with E-state index in [9.17, 15) is 0 Å². The van der Waals surface area contributed by atoms with Gasteiger partial charge in [0.25, 0.3) is 0 Å². The van der Waals surface area contributed by atoms with Gasteiger partial charge in [0, 0.05) is 12.4 Å². The van der Waals surface area contributed by atoms with Gasteiger partial charge in [-0.05, 0) is 31.1 Å². The quantitative estimate of drug-likeness (QED) is 0.664. The Morgan fingerprint density at radius 3 is 2.91 bits per heavy atom. The minimum Gasteiger partial charge on any atom is -0.389 e. The molecule has 1 heterocycles. The van der Waals surface area contributed by atoms with Crippen LogP contribution in [-0.4, -0.2) is 16.2 Å². The highest BCUT2D eigenvalue weighted by molar-refractivity contribution is 5.51. The van der Waals surface area contributed by atoms with E-state index in [1.807, 2.05) is 31.5 Å². The molecule has 1 atom stereocenters. The molecule has 2 N–H and O–H groups in total. The smallest absolute Gasteiger partial charge is 0.0722 e. The van der Waals surface area contributed by atoms with Crippen molar-refractivity contribution >= 4 is 6.08 Å². The third-order valence-corrected chi connectivity index (χ3v) is 1.68. The standard InChI is InChI=1S/C9H13NO/c1-7(8(2)11)5-9-3-4-10-6-9/h3-6,8,10-11H,1-2H3/b7-5+. The number of aliphatic hydroxyl groups excluding tert-OH is 1. The van der Waals surface area contributed by atoms with E-state index in [1.54, 1.807) is 6.92 Å². The molecule has 0 aliphatic carbocycles. The average Bonchev–Trinajstić information content (AvgIpc) is 2.39. The highest BCUT2D eigenvalue weighted by Crippen LogP contribution is 2.07. The summed E-state index contributed by atoms with van der Waals surface area (Å²) in [5, 5.41) is 9.14. The number of aromatic nitrogens is 1. The van der Waals surface area contributed by atoms with Gasteiger partial charge in [0.15, 0.2) is 0 Å². The summed E-state index contributed by atoms with van der Waals surface area (Å²) in [6, 6.07) is 1.96. The fourth-order valence-corrected chi connectivity index (χ4v) is 0.810. The molecular weight excluding hydrogens is 138 g/mol. The second kappa shape index (κ2) is 3.39. The van der Waals surface area contributed by atoms with Crippen molar-refractivity contribution in [1.29, 1.82) is 0 Å². The molecule has 1 aromatic rings. The lowest BCUT2D eigenvalue weighted by Gasteiger charge is -2.01. The second-order valence-corrected chi connectivity index (χ2v) is 2.71. The molecule has 11 heavy (non-hydrogen) atoms. The number of nitrogens with one attached hydrogen (secondary N) is 1. The number of rotatable bonds is 2. The van der Waals surface area contributed by atoms with Crippen molar-refractivity contribution in [3.63, 3.8) is 0 Å². The Bertz CT molecular complexity index is 234. The number of aromatic amines is 1. The van der Waals surface area contributed by atoms with E-state index in [0.717, 1.165) is 11.1 Å². The molecule has 0 spiro atoms. The maximum Gasteiger partial charge on any atom is 0.0722 e. The Balaban J connectivity index is 2.74. The first kappa shape index (κ1) is 8.08. The largest absolute Gasteiger partial charge is 0.389 e. The summed E-state index contributed by atoms with van der Waals surface area (Å²) in [4.78, 5) is 2.95. The lowest BCUT2D eigenvalue weighted by Crippen LogP contribution is -1.99. The molecule has 0 amide bonds. The average molecular weight is 151 g/mol. The Labute approximate surface area is 66.6 Å². The lowest BCUT2D eigenvalue weighted by atomic mass is 10.1. The van der Waals surface area contributed by atoms with Crippen LogP contribution in [0.5, 0.6) is 0 Å². The van der Waals surface area contributed by atoms with Crippen molar-refractivity contribution in [1.82, 2.24) is 4.98 Å². The number of aliphatic hydroxyl groups is 1. The van der Waals surface area contributed by atoms with E-state index < -0.39 is 0 Å². The second-order valence-electron chi connectivity index (χ2n) is 2.71. The van der Waals surface area contributed by atoms with Gasteiger partial charge in [-0.1, -0.05) is 6.08 Å². The van der Waals surface area contributed by atoms with Crippen LogP contribution in [0.3, 0.4) is 0 Å². The fourth-order valence-electron chi connectivity index (χ4n) is 0.810. The summed E-state index contributed by atoms with van der Waals surface area (Å²) >= 11 is 0. The minimum absolute atomic E-state index is 0.357. The maximum absolute atomic E-state index is 9.14. The molecule has 0 fully saturated rings. The first-order valence-electron chi connectivity index (χ1n) is 3.69. The molecular formula is C9H13NO. The van der Waals surface area contributed by atoms with E-state index in [-0.39, 0.29) is 6.10 Å². The summed E-state index contributed by atoms with van der Waals surface area (Å²) in [6.45, 7) is 3.68. The summed E-state index contributed by atoms with van der Waals surface area (Å²) in [6.07, 6.45) is 5.36. The molecule has 0 aliphatic heterocycles. The highest BCUT2D eigenvalue weighted by atomic mass is 16.3. The van der Waals surface area contributed by atoms with Crippen molar-refractivity contribution in [2.24, 2.45) is 0 Å². The summed E-state index contributed by atoms with van der Waals surface area (Å²) < 4.78 is 0. The molecule has 0 saturated heterocycles. The molecule has 60 valence electrons. The molecule has 0 bridgehead atoms. The van der Waals surface area contributed by atoms with Crippen LogP contribution in [0.25, 0.3) is 6.08 Å². The van der Waals surface area contributed by atoms with Crippen LogP contribution in [-0.2, 0) is 0 Å². The van der Waals surface area contributed by atoms with Crippen LogP contribution < -0.4 is 0 Å². The van der Waals surface area contributed by atoms with Gasteiger partial charge in [0.05, 0.1) is 6.10 Å². The molecule has 0 aromatic carbocycles. The van der Waals surface area contributed by atoms with Gasteiger partial charge >= 0.3 is 0 Å². The van der Waals surface area contributed by atoms with E-state index in [1.165, 1.54) is 0 Å². The molecule has 2 nitrogen and oxygen atoms in total. The first-order valence-corrected chi connectivity index (χ1v) is 3.69. The predicted octanol–water partition coefficient (Wildman–Crippen LogP) is 1.80. The highest BCUT2D eigenvalue weighted by Gasteiger charge is 1.97. The van der Waals surface area contributed by atoms with Crippen LogP contribution in [0.4, 0.5) is 0 Å².